The maximum atomic E-state index is 13.0. The Morgan fingerprint density at radius 1 is 1.17 bits per heavy atom. The maximum absolute atomic E-state index is 13.0. The highest BCUT2D eigenvalue weighted by atomic mass is 32.2. The van der Waals surface area contributed by atoms with Crippen LogP contribution in [0.2, 0.25) is 0 Å². The topological polar surface area (TPSA) is 145 Å². The largest absolute Gasteiger partial charge is 0.437 e. The van der Waals surface area contributed by atoms with Crippen LogP contribution in [0.15, 0.2) is 47.4 Å². The van der Waals surface area contributed by atoms with E-state index < -0.39 is 31.6 Å². The molecule has 2 N–H and O–H groups in total. The van der Waals surface area contributed by atoms with Gasteiger partial charge in [-0.05, 0) is 58.7 Å². The van der Waals surface area contributed by atoms with Gasteiger partial charge < -0.3 is 10.1 Å². The minimum absolute atomic E-state index is 0.110. The number of nitrogens with zero attached hydrogens (tertiary/aromatic N) is 3. The van der Waals surface area contributed by atoms with E-state index in [1.807, 2.05) is 19.1 Å². The summed E-state index contributed by atoms with van der Waals surface area (Å²) in [5.74, 6) is -0.377. The first-order valence-electron chi connectivity index (χ1n) is 11.4. The Labute approximate surface area is 208 Å². The molecule has 1 aromatic heterocycles. The lowest BCUT2D eigenvalue weighted by molar-refractivity contribution is -0.385. The number of carbonyl (C=O) groups excluding carboxylic acids is 1. The molecular formula is C24H27N5O6S. The Morgan fingerprint density at radius 2 is 1.83 bits per heavy atom. The highest BCUT2D eigenvalue weighted by molar-refractivity contribution is 7.89. The van der Waals surface area contributed by atoms with E-state index in [-0.39, 0.29) is 29.3 Å². The second-order valence-corrected chi connectivity index (χ2v) is 10.7. The minimum atomic E-state index is -4.17. The van der Waals surface area contributed by atoms with E-state index >= 15 is 0 Å². The van der Waals surface area contributed by atoms with Gasteiger partial charge in [0, 0.05) is 29.8 Å². The van der Waals surface area contributed by atoms with E-state index in [1.54, 1.807) is 32.9 Å². The van der Waals surface area contributed by atoms with Crippen LogP contribution in [0.25, 0.3) is 5.69 Å². The van der Waals surface area contributed by atoms with Gasteiger partial charge in [-0.25, -0.2) is 13.1 Å². The zero-order valence-corrected chi connectivity index (χ0v) is 21.1. The SMILES string of the molecule is Cc1ccc(-n2nc(C(=O)NC3CC3)c(C)c2Oc2ccc([N+](=O)[O-])cc2S(=O)(=O)NC(C)C)cc1. The lowest BCUT2D eigenvalue weighted by Gasteiger charge is -2.15. The first-order valence-corrected chi connectivity index (χ1v) is 12.9. The van der Waals surface area contributed by atoms with Crippen LogP contribution in [0.1, 0.15) is 48.3 Å². The Kier molecular flexibility index (Phi) is 6.83. The number of hydrogen-bond donors (Lipinski definition) is 2. The number of ether oxygens (including phenoxy) is 1. The summed E-state index contributed by atoms with van der Waals surface area (Å²) in [6.07, 6.45) is 1.80. The van der Waals surface area contributed by atoms with Crippen molar-refractivity contribution in [1.29, 1.82) is 0 Å². The van der Waals surface area contributed by atoms with Crippen molar-refractivity contribution in [2.45, 2.75) is 57.5 Å². The first-order chi connectivity index (χ1) is 17.0. The summed E-state index contributed by atoms with van der Waals surface area (Å²) >= 11 is 0. The molecule has 0 radical (unpaired) electrons. The number of aromatic nitrogens is 2. The molecule has 12 heteroatoms. The molecule has 3 aromatic rings. The molecule has 190 valence electrons. The van der Waals surface area contributed by atoms with E-state index in [9.17, 15) is 23.3 Å². The van der Waals surface area contributed by atoms with E-state index in [0.29, 0.717) is 11.3 Å². The summed E-state index contributed by atoms with van der Waals surface area (Å²) in [5, 5.41) is 18.7. The molecule has 0 atom stereocenters. The second kappa shape index (κ2) is 9.70. The van der Waals surface area contributed by atoms with Crippen molar-refractivity contribution >= 4 is 21.6 Å². The summed E-state index contributed by atoms with van der Waals surface area (Å²) in [6, 6.07) is 10.3. The zero-order valence-electron chi connectivity index (χ0n) is 20.3. The number of nitro benzene ring substituents is 1. The quantitative estimate of drug-likeness (QED) is 0.327. The van der Waals surface area contributed by atoms with Crippen LogP contribution in [-0.4, -0.2) is 41.1 Å². The number of benzene rings is 2. The highest BCUT2D eigenvalue weighted by Gasteiger charge is 2.30. The Bertz CT molecular complexity index is 1430. The highest BCUT2D eigenvalue weighted by Crippen LogP contribution is 2.36. The Balaban J connectivity index is 1.85. The van der Waals surface area contributed by atoms with Crippen LogP contribution in [0.4, 0.5) is 5.69 Å². The van der Waals surface area contributed by atoms with Crippen molar-refractivity contribution in [3.05, 3.63) is 69.4 Å². The van der Waals surface area contributed by atoms with E-state index in [1.165, 1.54) is 10.7 Å². The third kappa shape index (κ3) is 5.39. The van der Waals surface area contributed by atoms with Crippen LogP contribution in [0.5, 0.6) is 11.6 Å². The van der Waals surface area contributed by atoms with Crippen molar-refractivity contribution in [1.82, 2.24) is 19.8 Å². The molecule has 0 bridgehead atoms. The van der Waals surface area contributed by atoms with Crippen LogP contribution >= 0.6 is 0 Å². The zero-order chi connectivity index (χ0) is 26.2. The number of rotatable bonds is 9. The molecule has 1 amide bonds. The summed E-state index contributed by atoms with van der Waals surface area (Å²) in [4.78, 5) is 23.1. The molecule has 0 aliphatic heterocycles. The second-order valence-electron chi connectivity index (χ2n) is 9.04. The van der Waals surface area contributed by atoms with Crippen molar-refractivity contribution < 1.29 is 22.9 Å². The fraction of sp³-hybridized carbons (Fsp3) is 0.333. The number of nitrogens with one attached hydrogen (secondary N) is 2. The number of aryl methyl sites for hydroxylation is 1. The predicted molar refractivity (Wildman–Crippen MR) is 132 cm³/mol. The molecule has 0 saturated heterocycles. The van der Waals surface area contributed by atoms with Gasteiger partial charge in [-0.1, -0.05) is 17.7 Å². The van der Waals surface area contributed by atoms with Crippen molar-refractivity contribution in [2.75, 3.05) is 0 Å². The third-order valence-corrected chi connectivity index (χ3v) is 7.18. The molecule has 0 spiro atoms. The monoisotopic (exact) mass is 513 g/mol. The molecular weight excluding hydrogens is 486 g/mol. The predicted octanol–water partition coefficient (Wildman–Crippen LogP) is 3.77. The number of nitro groups is 1. The van der Waals surface area contributed by atoms with Crippen LogP contribution < -0.4 is 14.8 Å². The minimum Gasteiger partial charge on any atom is -0.437 e. The smallest absolute Gasteiger partial charge is 0.272 e. The van der Waals surface area contributed by atoms with Crippen LogP contribution in [0, 0.1) is 24.0 Å². The molecule has 2 aromatic carbocycles. The standard InChI is InChI=1S/C24H27N5O6S/c1-14(2)27-36(33,34)21-13-19(29(31)32)11-12-20(21)35-24-16(4)22(23(30)25-17-7-8-17)26-28(24)18-9-5-15(3)6-10-18/h5-6,9-14,17,27H,7-8H2,1-4H3,(H,25,30). The fourth-order valence-electron chi connectivity index (χ4n) is 3.54. The molecule has 1 aliphatic rings. The number of hydrogen-bond acceptors (Lipinski definition) is 7. The lowest BCUT2D eigenvalue weighted by Crippen LogP contribution is -2.30. The van der Waals surface area contributed by atoms with Gasteiger partial charge in [-0.15, -0.1) is 0 Å². The van der Waals surface area contributed by atoms with E-state index in [4.69, 9.17) is 4.74 Å². The van der Waals surface area contributed by atoms with Gasteiger partial charge in [0.05, 0.1) is 10.6 Å². The average Bonchev–Trinajstić information content (AvgIpc) is 3.56. The van der Waals surface area contributed by atoms with E-state index in [2.05, 4.69) is 15.1 Å². The number of carbonyl (C=O) groups is 1. The van der Waals surface area contributed by atoms with Crippen LogP contribution in [0.3, 0.4) is 0 Å². The van der Waals surface area contributed by atoms with Crippen LogP contribution in [-0.2, 0) is 10.0 Å². The molecule has 0 unspecified atom stereocenters. The van der Waals surface area contributed by atoms with E-state index in [0.717, 1.165) is 30.5 Å². The van der Waals surface area contributed by atoms with Gasteiger partial charge in [0.2, 0.25) is 15.9 Å². The maximum Gasteiger partial charge on any atom is 0.272 e. The number of amides is 1. The normalized spacial score (nSPS) is 13.6. The van der Waals surface area contributed by atoms with Gasteiger partial charge in [0.1, 0.15) is 10.6 Å². The number of non-ortho nitro benzene ring substituents is 1. The summed E-state index contributed by atoms with van der Waals surface area (Å²) in [6.45, 7) is 6.86. The van der Waals surface area contributed by atoms with Gasteiger partial charge in [0.25, 0.3) is 11.6 Å². The summed E-state index contributed by atoms with van der Waals surface area (Å²) < 4.78 is 36.0. The average molecular weight is 514 g/mol. The van der Waals surface area contributed by atoms with Crippen molar-refractivity contribution in [2.24, 2.45) is 0 Å². The molecule has 1 saturated carbocycles. The first kappa shape index (κ1) is 25.3. The van der Waals surface area contributed by atoms with Gasteiger partial charge >= 0.3 is 0 Å². The Morgan fingerprint density at radius 3 is 2.42 bits per heavy atom. The Hall–Kier alpha value is -3.77. The molecule has 11 nitrogen and oxygen atoms in total. The molecule has 1 aliphatic carbocycles. The lowest BCUT2D eigenvalue weighted by atomic mass is 10.2. The third-order valence-electron chi connectivity index (χ3n) is 5.50. The molecule has 4 rings (SSSR count). The molecule has 36 heavy (non-hydrogen) atoms. The molecule has 1 fully saturated rings. The summed E-state index contributed by atoms with van der Waals surface area (Å²) in [5.41, 5.74) is 1.74. The fourth-order valence-corrected chi connectivity index (χ4v) is 4.94. The van der Waals surface area contributed by atoms with Gasteiger partial charge in [-0.2, -0.15) is 9.78 Å². The summed E-state index contributed by atoms with van der Waals surface area (Å²) in [7, 11) is -4.17. The van der Waals surface area contributed by atoms with Gasteiger partial charge in [0.15, 0.2) is 5.69 Å². The van der Waals surface area contributed by atoms with Crippen molar-refractivity contribution in [3.8, 4) is 17.3 Å². The van der Waals surface area contributed by atoms with Crippen molar-refractivity contribution in [3.63, 3.8) is 0 Å². The molecule has 1 heterocycles. The van der Waals surface area contributed by atoms with Gasteiger partial charge in [-0.3, -0.25) is 14.9 Å². The number of sulfonamides is 1.